The zero-order valence-electron chi connectivity index (χ0n) is 28.6. The van der Waals surface area contributed by atoms with Gasteiger partial charge in [-0.05, 0) is 76.3 Å². The van der Waals surface area contributed by atoms with Gasteiger partial charge in [-0.1, -0.05) is 18.2 Å². The second kappa shape index (κ2) is 14.2. The van der Waals surface area contributed by atoms with Gasteiger partial charge in [0.1, 0.15) is 22.1 Å². The number of methoxy groups -OCH3 is 2. The van der Waals surface area contributed by atoms with E-state index in [0.717, 1.165) is 25.9 Å². The molecule has 2 amide bonds. The Bertz CT molecular complexity index is 1920. The van der Waals surface area contributed by atoms with Crippen LogP contribution in [-0.4, -0.2) is 108 Å². The molecule has 3 aliphatic heterocycles. The summed E-state index contributed by atoms with van der Waals surface area (Å²) in [6, 6.07) is 17.3. The summed E-state index contributed by atoms with van der Waals surface area (Å²) in [5, 5.41) is 9.93. The summed E-state index contributed by atoms with van der Waals surface area (Å²) >= 11 is 0. The van der Waals surface area contributed by atoms with Crippen molar-refractivity contribution < 1.29 is 37.0 Å². The Morgan fingerprint density at radius 3 is 2.30 bits per heavy atom. The molecule has 3 aliphatic rings. The molecule has 0 aliphatic carbocycles. The third-order valence-corrected chi connectivity index (χ3v) is 11.4. The van der Waals surface area contributed by atoms with Crippen LogP contribution in [0.5, 0.6) is 17.2 Å². The van der Waals surface area contributed by atoms with Crippen LogP contribution in [0.2, 0.25) is 0 Å². The highest BCUT2D eigenvalue weighted by Gasteiger charge is 2.61. The molecule has 0 N–H and O–H groups in total. The van der Waals surface area contributed by atoms with Gasteiger partial charge in [-0.2, -0.15) is 9.57 Å². The van der Waals surface area contributed by atoms with Crippen LogP contribution in [0.4, 0.5) is 10.5 Å². The lowest BCUT2D eigenvalue weighted by atomic mass is 9.85. The van der Waals surface area contributed by atoms with Crippen LogP contribution in [0.3, 0.4) is 0 Å². The Morgan fingerprint density at radius 1 is 0.920 bits per heavy atom. The van der Waals surface area contributed by atoms with Gasteiger partial charge in [-0.3, -0.25) is 9.69 Å². The van der Waals surface area contributed by atoms with E-state index in [1.54, 1.807) is 36.1 Å². The van der Waals surface area contributed by atoms with Crippen LogP contribution in [0.25, 0.3) is 0 Å². The highest BCUT2D eigenvalue weighted by atomic mass is 32.2. The first-order chi connectivity index (χ1) is 24.1. The molecule has 3 aromatic rings. The molecule has 3 heterocycles. The summed E-state index contributed by atoms with van der Waals surface area (Å²) in [4.78, 5) is 35.3. The van der Waals surface area contributed by atoms with Gasteiger partial charge in [0.25, 0.3) is 15.9 Å². The van der Waals surface area contributed by atoms with Crippen LogP contribution >= 0.6 is 0 Å². The average Bonchev–Trinajstić information content (AvgIpc) is 3.39. The van der Waals surface area contributed by atoms with Gasteiger partial charge in [-0.15, -0.1) is 0 Å². The number of piperazine rings is 1. The summed E-state index contributed by atoms with van der Waals surface area (Å²) in [6.45, 7) is 6.00. The quantitative estimate of drug-likeness (QED) is 0.321. The summed E-state index contributed by atoms with van der Waals surface area (Å²) < 4.78 is 52.8. The first kappa shape index (κ1) is 35.0. The van der Waals surface area contributed by atoms with Crippen LogP contribution < -0.4 is 18.5 Å². The number of carbonyl (C=O) groups is 2. The molecular formula is C36H41N5O8S. The van der Waals surface area contributed by atoms with Crippen molar-refractivity contribution in [1.29, 1.82) is 5.26 Å². The number of nitrogens with zero attached hydrogens (tertiary/aromatic N) is 5. The number of ether oxygens (including phenoxy) is 4. The number of para-hydroxylation sites is 1. The van der Waals surface area contributed by atoms with Gasteiger partial charge >= 0.3 is 6.09 Å². The molecule has 0 saturated carbocycles. The first-order valence-electron chi connectivity index (χ1n) is 16.6. The van der Waals surface area contributed by atoms with Crippen LogP contribution in [0.1, 0.15) is 36.5 Å². The molecule has 0 spiro atoms. The summed E-state index contributed by atoms with van der Waals surface area (Å²) in [5.74, 6) is -0.555. The maximum Gasteiger partial charge on any atom is 0.411 e. The van der Waals surface area contributed by atoms with Crippen molar-refractivity contribution in [3.05, 3.63) is 77.4 Å². The number of benzene rings is 3. The van der Waals surface area contributed by atoms with Crippen molar-refractivity contribution in [3.63, 3.8) is 0 Å². The standard InChI is InChI=1S/C36H41N5O8S/c1-5-48-31-9-7-6-8-28(31)36(49-35(43)40-20-18-39(19-21-40)26-14-16-38(2)17-15-26)29-22-25(24-37)10-12-30(29)41(34(36)42)50(44,45)33-13-11-27(46-3)23-32(33)47-4/h6-13,22-23,26H,5,14-21H2,1-4H3. The summed E-state index contributed by atoms with van der Waals surface area (Å²) in [6.07, 6.45) is 1.31. The van der Waals surface area contributed by atoms with E-state index in [1.807, 2.05) is 0 Å². The number of hydrogen-bond acceptors (Lipinski definition) is 11. The number of anilines is 1. The molecule has 1 atom stereocenters. The topological polar surface area (TPSA) is 142 Å². The lowest BCUT2D eigenvalue weighted by Gasteiger charge is -2.42. The number of fused-ring (bicyclic) bond motifs is 1. The number of amides is 2. The van der Waals surface area contributed by atoms with Crippen LogP contribution in [0, 0.1) is 11.3 Å². The van der Waals surface area contributed by atoms with E-state index in [0.29, 0.717) is 42.3 Å². The van der Waals surface area contributed by atoms with Crippen LogP contribution in [-0.2, 0) is 25.2 Å². The fourth-order valence-corrected chi connectivity index (χ4v) is 8.63. The van der Waals surface area contributed by atoms with Crippen molar-refractivity contribution >= 4 is 27.7 Å². The molecule has 1 unspecified atom stereocenters. The number of hydrogen-bond donors (Lipinski definition) is 0. The zero-order valence-corrected chi connectivity index (χ0v) is 29.4. The molecule has 264 valence electrons. The average molecular weight is 704 g/mol. The Hall–Kier alpha value is -4.84. The van der Waals surface area contributed by atoms with Crippen molar-refractivity contribution in [2.75, 3.05) is 71.4 Å². The van der Waals surface area contributed by atoms with E-state index < -0.39 is 27.6 Å². The van der Waals surface area contributed by atoms with E-state index in [2.05, 4.69) is 22.9 Å². The number of likely N-dealkylation sites (tertiary alicyclic amines) is 1. The van der Waals surface area contributed by atoms with Gasteiger partial charge in [0.05, 0.1) is 43.7 Å². The maximum atomic E-state index is 15.1. The van der Waals surface area contributed by atoms with E-state index in [-0.39, 0.29) is 45.4 Å². The lowest BCUT2D eigenvalue weighted by Crippen LogP contribution is -2.55. The Balaban J connectivity index is 1.45. The SMILES string of the molecule is CCOc1ccccc1C1(OC(=O)N2CCN(C3CCN(C)CC3)CC2)C(=O)N(S(=O)(=O)c2ccc(OC)cc2OC)c2ccc(C#N)cc21. The van der Waals surface area contributed by atoms with Crippen molar-refractivity contribution in [3.8, 4) is 23.3 Å². The Labute approximate surface area is 292 Å². The summed E-state index contributed by atoms with van der Waals surface area (Å²) in [5.41, 5.74) is -2.12. The minimum atomic E-state index is -4.71. The smallest absolute Gasteiger partial charge is 0.411 e. The van der Waals surface area contributed by atoms with E-state index in [1.165, 1.54) is 50.6 Å². The molecule has 3 aromatic carbocycles. The predicted octanol–water partition coefficient (Wildman–Crippen LogP) is 3.80. The normalized spacial score (nSPS) is 20.3. The number of piperidine rings is 1. The first-order valence-corrected chi connectivity index (χ1v) is 18.0. The Kier molecular flexibility index (Phi) is 9.93. The molecular weight excluding hydrogens is 662 g/mol. The zero-order chi connectivity index (χ0) is 35.6. The van der Waals surface area contributed by atoms with E-state index in [9.17, 15) is 18.5 Å². The second-order valence-corrected chi connectivity index (χ2v) is 14.2. The summed E-state index contributed by atoms with van der Waals surface area (Å²) in [7, 11) is 0.147. The number of nitriles is 1. The van der Waals surface area contributed by atoms with Gasteiger partial charge in [0, 0.05) is 43.9 Å². The van der Waals surface area contributed by atoms with Gasteiger partial charge in [0.15, 0.2) is 0 Å². The molecule has 6 rings (SSSR count). The molecule has 0 bridgehead atoms. The van der Waals surface area contributed by atoms with Crippen LogP contribution in [0.15, 0.2) is 65.6 Å². The molecule has 0 aromatic heterocycles. The molecule has 2 saturated heterocycles. The molecule has 13 nitrogen and oxygen atoms in total. The molecule has 0 radical (unpaired) electrons. The van der Waals surface area contributed by atoms with Gasteiger partial charge in [0.2, 0.25) is 5.60 Å². The fourth-order valence-electron chi connectivity index (χ4n) is 7.04. The van der Waals surface area contributed by atoms with Gasteiger partial charge < -0.3 is 28.7 Å². The Morgan fingerprint density at radius 2 is 1.64 bits per heavy atom. The predicted molar refractivity (Wildman–Crippen MR) is 184 cm³/mol. The highest BCUT2D eigenvalue weighted by molar-refractivity contribution is 7.93. The third-order valence-electron chi connectivity index (χ3n) is 9.68. The minimum absolute atomic E-state index is 0.0167. The lowest BCUT2D eigenvalue weighted by molar-refractivity contribution is -0.132. The minimum Gasteiger partial charge on any atom is -0.497 e. The van der Waals surface area contributed by atoms with Crippen molar-refractivity contribution in [2.24, 2.45) is 0 Å². The fraction of sp³-hybridized carbons (Fsp3) is 0.417. The number of carbonyl (C=O) groups excluding carboxylic acids is 2. The molecule has 50 heavy (non-hydrogen) atoms. The third kappa shape index (κ3) is 6.10. The number of rotatable bonds is 9. The van der Waals surface area contributed by atoms with Crippen molar-refractivity contribution in [1.82, 2.24) is 14.7 Å². The van der Waals surface area contributed by atoms with E-state index in [4.69, 9.17) is 18.9 Å². The maximum absolute atomic E-state index is 15.1. The molecule has 2 fully saturated rings. The largest absolute Gasteiger partial charge is 0.497 e. The monoisotopic (exact) mass is 703 g/mol. The number of sulfonamides is 1. The second-order valence-electron chi connectivity index (χ2n) is 12.5. The van der Waals surface area contributed by atoms with Crippen molar-refractivity contribution in [2.45, 2.75) is 36.3 Å². The van der Waals surface area contributed by atoms with Gasteiger partial charge in [-0.25, -0.2) is 13.2 Å². The highest BCUT2D eigenvalue weighted by Crippen LogP contribution is 2.52. The van der Waals surface area contributed by atoms with E-state index >= 15 is 4.79 Å². The molecule has 14 heteroatoms.